The van der Waals surface area contributed by atoms with Gasteiger partial charge in [0, 0.05) is 0 Å². The predicted octanol–water partition coefficient (Wildman–Crippen LogP) is 9.40. The van der Waals surface area contributed by atoms with Crippen LogP contribution in [0.5, 0.6) is 0 Å². The van der Waals surface area contributed by atoms with Gasteiger partial charge in [-0.1, -0.05) is 0 Å². The normalized spacial score (nSPS) is 19.0. The Morgan fingerprint density at radius 2 is 0.914 bits per heavy atom. The number of halogens is 2. The van der Waals surface area contributed by atoms with E-state index in [1.807, 2.05) is 0 Å². The van der Waals surface area contributed by atoms with E-state index in [0.29, 0.717) is 0 Å². The van der Waals surface area contributed by atoms with Crippen molar-refractivity contribution >= 4 is 46.2 Å². The molecule has 0 heterocycles. The van der Waals surface area contributed by atoms with Crippen LogP contribution in [0.4, 0.5) is 0 Å². The molecular formula is C32H26Cl2Ti. The summed E-state index contributed by atoms with van der Waals surface area (Å²) in [5, 5.41) is 0. The zero-order valence-corrected chi connectivity index (χ0v) is 22.6. The Morgan fingerprint density at radius 1 is 0.543 bits per heavy atom. The molecular weight excluding hydrogens is 503 g/mol. The average molecular weight is 529 g/mol. The fourth-order valence-electron chi connectivity index (χ4n) is 6.10. The second-order valence-electron chi connectivity index (χ2n) is 9.57. The van der Waals surface area contributed by atoms with E-state index >= 15 is 0 Å². The Morgan fingerprint density at radius 3 is 1.31 bits per heavy atom. The fourth-order valence-corrected chi connectivity index (χ4v) is 16.8. The second-order valence-corrected chi connectivity index (χ2v) is 23.9. The molecule has 0 amide bonds. The van der Waals surface area contributed by atoms with Crippen LogP contribution in [0.1, 0.15) is 48.7 Å². The van der Waals surface area contributed by atoms with Gasteiger partial charge in [0.25, 0.3) is 0 Å². The molecule has 0 nitrogen and oxygen atoms in total. The molecule has 0 aromatic heterocycles. The van der Waals surface area contributed by atoms with Gasteiger partial charge in [-0.05, 0) is 0 Å². The summed E-state index contributed by atoms with van der Waals surface area (Å²) in [7, 11) is 16.3. The minimum atomic E-state index is -4.62. The first-order valence-corrected chi connectivity index (χ1v) is 19.1. The third-order valence-electron chi connectivity index (χ3n) is 7.73. The van der Waals surface area contributed by atoms with Crippen molar-refractivity contribution in [2.24, 2.45) is 0 Å². The molecule has 35 heavy (non-hydrogen) atoms. The maximum absolute atomic E-state index is 8.16. The third-order valence-corrected chi connectivity index (χ3v) is 20.2. The number of allylic oxidation sites excluding steroid dienone is 2. The van der Waals surface area contributed by atoms with E-state index in [4.69, 9.17) is 18.6 Å². The minimum absolute atomic E-state index is 0.0674. The van der Waals surface area contributed by atoms with Crippen molar-refractivity contribution in [1.29, 1.82) is 0 Å². The van der Waals surface area contributed by atoms with Crippen LogP contribution in [0.15, 0.2) is 109 Å². The van der Waals surface area contributed by atoms with E-state index in [9.17, 15) is 0 Å². The van der Waals surface area contributed by atoms with Gasteiger partial charge in [0.05, 0.1) is 0 Å². The van der Waals surface area contributed by atoms with Gasteiger partial charge < -0.3 is 0 Å². The van der Waals surface area contributed by atoms with E-state index in [0.717, 1.165) is 0 Å². The summed E-state index contributed by atoms with van der Waals surface area (Å²) in [5.74, 6) is 0. The molecule has 0 spiro atoms. The molecule has 4 aromatic carbocycles. The van der Waals surface area contributed by atoms with Crippen LogP contribution >= 0.6 is 18.6 Å². The van der Waals surface area contributed by atoms with Crippen LogP contribution < -0.4 is 0 Å². The number of rotatable bonds is 4. The molecule has 2 aliphatic rings. The second kappa shape index (κ2) is 8.58. The SMILES string of the molecule is C[CH]=[Ti]([Cl])([Cl])([CH]1C(c2ccccc2)=Cc2ccccc21)[CH]1C(c2ccccc2)=Cc2ccccc21. The van der Waals surface area contributed by atoms with Crippen LogP contribution in [-0.2, 0) is 12.7 Å². The van der Waals surface area contributed by atoms with Gasteiger partial charge in [0.1, 0.15) is 0 Å². The summed E-state index contributed by atoms with van der Waals surface area (Å²) < 4.78 is 2.08. The Bertz CT molecular complexity index is 1440. The molecule has 4 aromatic rings. The summed E-state index contributed by atoms with van der Waals surface area (Å²) in [6.07, 6.45) is 4.61. The third kappa shape index (κ3) is 3.59. The van der Waals surface area contributed by atoms with Gasteiger partial charge in [-0.25, -0.2) is 0 Å². The molecule has 0 saturated heterocycles. The number of hydrogen-bond donors (Lipinski definition) is 0. The van der Waals surface area contributed by atoms with Crippen LogP contribution in [0.25, 0.3) is 23.3 Å². The van der Waals surface area contributed by atoms with E-state index in [1.165, 1.54) is 44.5 Å². The average Bonchev–Trinajstić information content (AvgIpc) is 3.51. The van der Waals surface area contributed by atoms with E-state index < -0.39 is 12.7 Å². The summed E-state index contributed by atoms with van der Waals surface area (Å²) in [6.45, 7) is 2.09. The summed E-state index contributed by atoms with van der Waals surface area (Å²) >= 11 is -4.62. The van der Waals surface area contributed by atoms with Crippen molar-refractivity contribution in [2.45, 2.75) is 15.4 Å². The monoisotopic (exact) mass is 528 g/mol. The summed E-state index contributed by atoms with van der Waals surface area (Å²) in [5.41, 5.74) is 9.73. The number of hydrogen-bond acceptors (Lipinski definition) is 0. The summed E-state index contributed by atoms with van der Waals surface area (Å²) in [4.78, 5) is 0. The van der Waals surface area contributed by atoms with E-state index in [-0.39, 0.29) is 8.45 Å². The van der Waals surface area contributed by atoms with Crippen molar-refractivity contribution in [2.75, 3.05) is 0 Å². The van der Waals surface area contributed by atoms with Gasteiger partial charge in [-0.3, -0.25) is 0 Å². The molecule has 3 heteroatoms. The first kappa shape index (κ1) is 23.0. The summed E-state index contributed by atoms with van der Waals surface area (Å²) in [6, 6.07) is 38.4. The predicted molar refractivity (Wildman–Crippen MR) is 150 cm³/mol. The molecule has 172 valence electrons. The zero-order chi connectivity index (χ0) is 24.1. The van der Waals surface area contributed by atoms with Crippen molar-refractivity contribution in [3.63, 3.8) is 0 Å². The standard InChI is InChI=1S/2C15H11.C2H4.2ClH.Ti/c2*1-2-6-12(7-3-1)15-10-13-8-4-5-9-14(13)11-15;1-2;;;/h2*1-11H;1H,2H3;2*1H;/q;;;;;+2/p-2. The Hall–Kier alpha value is -2.48. The van der Waals surface area contributed by atoms with Crippen molar-refractivity contribution in [1.82, 2.24) is 0 Å². The molecule has 0 fully saturated rings. The maximum atomic E-state index is 8.16. The van der Waals surface area contributed by atoms with Gasteiger partial charge in [-0.15, -0.1) is 0 Å². The van der Waals surface area contributed by atoms with Crippen LogP contribution in [0.2, 0.25) is 0 Å². The topological polar surface area (TPSA) is 0 Å². The Labute approximate surface area is 215 Å². The molecule has 2 atom stereocenters. The molecule has 2 unspecified atom stereocenters. The van der Waals surface area contributed by atoms with Crippen LogP contribution in [0.3, 0.4) is 0 Å². The fraction of sp³-hybridized carbons (Fsp3) is 0.0938. The molecule has 2 aliphatic carbocycles. The van der Waals surface area contributed by atoms with Crippen LogP contribution in [0, 0.1) is 0 Å². The van der Waals surface area contributed by atoms with E-state index in [2.05, 4.69) is 133 Å². The van der Waals surface area contributed by atoms with Gasteiger partial charge in [0.2, 0.25) is 0 Å². The Kier molecular flexibility index (Phi) is 5.62. The quantitative estimate of drug-likeness (QED) is 0.231. The molecule has 0 saturated carbocycles. The molecule has 0 aliphatic heterocycles. The first-order valence-electron chi connectivity index (χ1n) is 12.1. The van der Waals surface area contributed by atoms with E-state index in [1.54, 1.807) is 0 Å². The number of fused-ring (bicyclic) bond motifs is 2. The van der Waals surface area contributed by atoms with Gasteiger partial charge in [-0.2, -0.15) is 0 Å². The molecule has 6 rings (SSSR count). The number of benzene rings is 4. The zero-order valence-electron chi connectivity index (χ0n) is 19.5. The Balaban J connectivity index is 1.64. The molecule has 0 N–H and O–H groups in total. The van der Waals surface area contributed by atoms with Crippen molar-refractivity contribution in [3.8, 4) is 0 Å². The van der Waals surface area contributed by atoms with Crippen molar-refractivity contribution < 1.29 is 12.7 Å². The van der Waals surface area contributed by atoms with Crippen molar-refractivity contribution in [3.05, 3.63) is 143 Å². The van der Waals surface area contributed by atoms with Gasteiger partial charge >= 0.3 is 217 Å². The molecule has 0 radical (unpaired) electrons. The van der Waals surface area contributed by atoms with Crippen LogP contribution in [-0.4, -0.2) is 4.31 Å². The first-order chi connectivity index (χ1) is 17.0. The molecule has 0 bridgehead atoms. The van der Waals surface area contributed by atoms with Gasteiger partial charge in [0.15, 0.2) is 0 Å².